The summed E-state index contributed by atoms with van der Waals surface area (Å²) in [6.07, 6.45) is 8.59. The standard InChI is InChI=1S/C8H11.2ClH.Zr/c1-7(2)8-5-3-4-6-8;;;/h3,5,7H,4H2,1-2H3;2*1H;/q-1;;;+3/p-2. The van der Waals surface area contributed by atoms with Crippen LogP contribution < -0.4 is 24.8 Å². The number of hydrogen-bond donors (Lipinski definition) is 0. The van der Waals surface area contributed by atoms with Crippen LogP contribution in [-0.2, 0) is 26.2 Å². The van der Waals surface area contributed by atoms with E-state index in [9.17, 15) is 0 Å². The first-order valence-electron chi connectivity index (χ1n) is 3.08. The summed E-state index contributed by atoms with van der Waals surface area (Å²) in [6.45, 7) is 4.38. The first-order chi connectivity index (χ1) is 3.80. The van der Waals surface area contributed by atoms with E-state index in [0.717, 1.165) is 6.42 Å². The summed E-state index contributed by atoms with van der Waals surface area (Å²) in [5, 5.41) is 0. The van der Waals surface area contributed by atoms with Crippen LogP contribution >= 0.6 is 0 Å². The minimum atomic E-state index is 0. The molecule has 61 valence electrons. The van der Waals surface area contributed by atoms with Crippen LogP contribution in [0.2, 0.25) is 0 Å². The van der Waals surface area contributed by atoms with Crippen LogP contribution in [0.1, 0.15) is 20.3 Å². The minimum absolute atomic E-state index is 0. The summed E-state index contributed by atoms with van der Waals surface area (Å²) in [6, 6.07) is 0. The minimum Gasteiger partial charge on any atom is -1.00 e. The van der Waals surface area contributed by atoms with Gasteiger partial charge >= 0.3 is 26.2 Å². The smallest absolute Gasteiger partial charge is 1.00 e. The van der Waals surface area contributed by atoms with Crippen molar-refractivity contribution in [3.05, 3.63) is 23.8 Å². The van der Waals surface area contributed by atoms with Crippen LogP contribution in [-0.4, -0.2) is 0 Å². The summed E-state index contributed by atoms with van der Waals surface area (Å²) in [4.78, 5) is 0. The van der Waals surface area contributed by atoms with Crippen molar-refractivity contribution in [2.75, 3.05) is 0 Å². The second-order valence-electron chi connectivity index (χ2n) is 2.39. The zero-order chi connectivity index (χ0) is 5.98. The number of halogens is 2. The van der Waals surface area contributed by atoms with Gasteiger partial charge < -0.3 is 24.8 Å². The maximum Gasteiger partial charge on any atom is 3.00 e. The van der Waals surface area contributed by atoms with Crippen molar-refractivity contribution in [1.29, 1.82) is 0 Å². The Hall–Kier alpha value is 0.943. The van der Waals surface area contributed by atoms with Gasteiger partial charge in [-0.05, 0) is 0 Å². The molecular formula is C8H11Cl2Zr. The molecule has 0 N–H and O–H groups in total. The summed E-state index contributed by atoms with van der Waals surface area (Å²) < 4.78 is 0. The molecule has 0 spiro atoms. The first kappa shape index (κ1) is 17.9. The van der Waals surface area contributed by atoms with E-state index in [1.807, 2.05) is 0 Å². The Balaban J connectivity index is -0.000000213. The molecule has 0 fully saturated rings. The van der Waals surface area contributed by atoms with E-state index in [2.05, 4.69) is 32.1 Å². The Labute approximate surface area is 100 Å². The zero-order valence-corrected chi connectivity index (χ0v) is 10.7. The average molecular weight is 269 g/mol. The summed E-state index contributed by atoms with van der Waals surface area (Å²) in [7, 11) is 0. The van der Waals surface area contributed by atoms with Crippen LogP contribution in [0, 0.1) is 12.0 Å². The van der Waals surface area contributed by atoms with Gasteiger partial charge in [-0.25, -0.2) is 11.6 Å². The Morgan fingerprint density at radius 1 is 1.36 bits per heavy atom. The molecule has 1 aliphatic carbocycles. The topological polar surface area (TPSA) is 0 Å². The van der Waals surface area contributed by atoms with E-state index < -0.39 is 0 Å². The SMILES string of the molecule is CC(C)C1=[C-]CC=C1.[Cl-].[Cl-].[Zr+3]. The van der Waals surface area contributed by atoms with Gasteiger partial charge in [-0.1, -0.05) is 19.8 Å². The predicted octanol–water partition coefficient (Wildman–Crippen LogP) is -3.66. The third-order valence-corrected chi connectivity index (χ3v) is 1.34. The van der Waals surface area contributed by atoms with Gasteiger partial charge in [0.1, 0.15) is 0 Å². The van der Waals surface area contributed by atoms with Crippen molar-refractivity contribution in [1.82, 2.24) is 0 Å². The maximum absolute atomic E-state index is 3.26. The van der Waals surface area contributed by atoms with E-state index in [0.29, 0.717) is 5.92 Å². The van der Waals surface area contributed by atoms with Gasteiger partial charge in [0.05, 0.1) is 0 Å². The molecule has 1 rings (SSSR count). The predicted molar refractivity (Wildman–Crippen MR) is 35.4 cm³/mol. The van der Waals surface area contributed by atoms with E-state index in [1.165, 1.54) is 5.57 Å². The Morgan fingerprint density at radius 2 is 1.91 bits per heavy atom. The molecule has 0 saturated heterocycles. The molecule has 0 atom stereocenters. The molecule has 1 radical (unpaired) electrons. The van der Waals surface area contributed by atoms with E-state index >= 15 is 0 Å². The molecule has 0 saturated carbocycles. The second kappa shape index (κ2) is 9.03. The number of hydrogen-bond acceptors (Lipinski definition) is 0. The van der Waals surface area contributed by atoms with Gasteiger partial charge in [-0.2, -0.15) is 6.08 Å². The number of allylic oxidation sites excluding steroid dienone is 4. The molecule has 1 aliphatic rings. The molecule has 11 heavy (non-hydrogen) atoms. The van der Waals surface area contributed by atoms with E-state index in [4.69, 9.17) is 0 Å². The molecule has 0 unspecified atom stereocenters. The quantitative estimate of drug-likeness (QED) is 0.431. The molecule has 0 aliphatic heterocycles. The Bertz CT molecular complexity index is 139. The van der Waals surface area contributed by atoms with Gasteiger partial charge in [-0.3, -0.25) is 6.08 Å². The van der Waals surface area contributed by atoms with Gasteiger partial charge in [0.2, 0.25) is 0 Å². The maximum atomic E-state index is 3.26. The molecule has 0 amide bonds. The van der Waals surface area contributed by atoms with Gasteiger partial charge in [-0.15, -0.1) is 6.42 Å². The van der Waals surface area contributed by atoms with Crippen LogP contribution in [0.25, 0.3) is 0 Å². The van der Waals surface area contributed by atoms with Crippen LogP contribution in [0.15, 0.2) is 17.7 Å². The fourth-order valence-corrected chi connectivity index (χ4v) is 0.818. The molecule has 0 nitrogen and oxygen atoms in total. The van der Waals surface area contributed by atoms with Crippen molar-refractivity contribution in [3.8, 4) is 0 Å². The molecule has 0 aromatic heterocycles. The molecule has 0 aromatic rings. The van der Waals surface area contributed by atoms with Crippen LogP contribution in [0.3, 0.4) is 0 Å². The van der Waals surface area contributed by atoms with Crippen molar-refractivity contribution in [2.24, 2.45) is 5.92 Å². The normalized spacial score (nSPS) is 12.8. The molecule has 3 heteroatoms. The molecule has 0 heterocycles. The van der Waals surface area contributed by atoms with Gasteiger partial charge in [0.15, 0.2) is 0 Å². The van der Waals surface area contributed by atoms with Crippen molar-refractivity contribution in [2.45, 2.75) is 20.3 Å². The van der Waals surface area contributed by atoms with E-state index in [-0.39, 0.29) is 51.0 Å². The Kier molecular flexibility index (Phi) is 14.7. The van der Waals surface area contributed by atoms with Crippen molar-refractivity contribution < 1.29 is 51.0 Å². The van der Waals surface area contributed by atoms with Crippen LogP contribution in [0.4, 0.5) is 0 Å². The second-order valence-corrected chi connectivity index (χ2v) is 2.39. The monoisotopic (exact) mass is 267 g/mol. The summed E-state index contributed by atoms with van der Waals surface area (Å²) in [5.74, 6) is 0.661. The average Bonchev–Trinajstić information content (AvgIpc) is 2.12. The van der Waals surface area contributed by atoms with Crippen molar-refractivity contribution in [3.63, 3.8) is 0 Å². The van der Waals surface area contributed by atoms with Crippen LogP contribution in [0.5, 0.6) is 0 Å². The van der Waals surface area contributed by atoms with E-state index in [1.54, 1.807) is 0 Å². The largest absolute Gasteiger partial charge is 3.00 e. The van der Waals surface area contributed by atoms with Crippen molar-refractivity contribution >= 4 is 0 Å². The molecule has 0 aromatic carbocycles. The Morgan fingerprint density at radius 3 is 2.09 bits per heavy atom. The zero-order valence-electron chi connectivity index (χ0n) is 6.70. The number of rotatable bonds is 1. The third-order valence-electron chi connectivity index (χ3n) is 1.34. The summed E-state index contributed by atoms with van der Waals surface area (Å²) in [5.41, 5.74) is 1.37. The summed E-state index contributed by atoms with van der Waals surface area (Å²) >= 11 is 0. The fourth-order valence-electron chi connectivity index (χ4n) is 0.818. The fraction of sp³-hybridized carbons (Fsp3) is 0.500. The molecule has 0 bridgehead atoms. The first-order valence-corrected chi connectivity index (χ1v) is 3.08. The van der Waals surface area contributed by atoms with Gasteiger partial charge in [0.25, 0.3) is 0 Å². The molecular weight excluding hydrogens is 258 g/mol. The van der Waals surface area contributed by atoms with Gasteiger partial charge in [0, 0.05) is 0 Å². The third kappa shape index (κ3) is 6.14.